The summed E-state index contributed by atoms with van der Waals surface area (Å²) < 4.78 is 5.07. The lowest BCUT2D eigenvalue weighted by Crippen LogP contribution is -2.12. The summed E-state index contributed by atoms with van der Waals surface area (Å²) in [5, 5.41) is 2.63. The number of ether oxygens (including phenoxy) is 1. The summed E-state index contributed by atoms with van der Waals surface area (Å²) in [5.41, 5.74) is 7.69. The van der Waals surface area contributed by atoms with E-state index in [9.17, 15) is 4.79 Å². The second kappa shape index (κ2) is 4.31. The number of carbonyl (C=O) groups excluding carboxylic acids is 1. The molecule has 1 aliphatic rings. The Morgan fingerprint density at radius 2 is 2.13 bits per heavy atom. The fourth-order valence-electron chi connectivity index (χ4n) is 1.64. The first-order valence-corrected chi connectivity index (χ1v) is 5.03. The number of nitrogens with one attached hydrogen (secondary N) is 1. The first-order chi connectivity index (χ1) is 7.29. The first kappa shape index (κ1) is 9.98. The standard InChI is InChI=1S/C11H14N2O2/c12-6-5-8-1-3-9(4-2-8)10-7-13-11(14)15-10/h1-4,10H,5-7,12H2,(H,13,14). The van der Waals surface area contributed by atoms with Crippen molar-refractivity contribution in [3.63, 3.8) is 0 Å². The molecule has 1 atom stereocenters. The Kier molecular flexibility index (Phi) is 2.87. The highest BCUT2D eigenvalue weighted by Crippen LogP contribution is 2.20. The second-order valence-corrected chi connectivity index (χ2v) is 3.56. The molecule has 1 saturated heterocycles. The van der Waals surface area contributed by atoms with Crippen LogP contribution in [0.5, 0.6) is 0 Å². The van der Waals surface area contributed by atoms with Crippen LogP contribution in [0.4, 0.5) is 4.79 Å². The minimum absolute atomic E-state index is 0.149. The molecule has 0 saturated carbocycles. The largest absolute Gasteiger partial charge is 0.439 e. The van der Waals surface area contributed by atoms with Crippen LogP contribution in [0.25, 0.3) is 0 Å². The molecule has 4 heteroatoms. The van der Waals surface area contributed by atoms with Gasteiger partial charge in [0.2, 0.25) is 0 Å². The van der Waals surface area contributed by atoms with E-state index in [0.29, 0.717) is 13.1 Å². The Balaban J connectivity index is 2.06. The number of rotatable bonds is 3. The van der Waals surface area contributed by atoms with Gasteiger partial charge in [-0.25, -0.2) is 4.79 Å². The van der Waals surface area contributed by atoms with Crippen molar-refractivity contribution >= 4 is 6.09 Å². The Hall–Kier alpha value is -1.55. The molecule has 1 amide bonds. The zero-order chi connectivity index (χ0) is 10.7. The Morgan fingerprint density at radius 1 is 1.40 bits per heavy atom. The molecule has 4 nitrogen and oxygen atoms in total. The molecule has 80 valence electrons. The Bertz CT molecular complexity index is 348. The van der Waals surface area contributed by atoms with E-state index in [-0.39, 0.29) is 12.2 Å². The van der Waals surface area contributed by atoms with Gasteiger partial charge >= 0.3 is 6.09 Å². The quantitative estimate of drug-likeness (QED) is 0.774. The summed E-state index contributed by atoms with van der Waals surface area (Å²) in [7, 11) is 0. The first-order valence-electron chi connectivity index (χ1n) is 5.03. The van der Waals surface area contributed by atoms with Gasteiger partial charge in [-0.1, -0.05) is 24.3 Å². The molecule has 1 aromatic carbocycles. The topological polar surface area (TPSA) is 64.3 Å². The SMILES string of the molecule is NCCc1ccc(C2CNC(=O)O2)cc1. The molecule has 1 fully saturated rings. The number of amides is 1. The van der Waals surface area contributed by atoms with E-state index in [1.165, 1.54) is 5.56 Å². The fourth-order valence-corrected chi connectivity index (χ4v) is 1.64. The lowest BCUT2D eigenvalue weighted by atomic mass is 10.1. The molecule has 15 heavy (non-hydrogen) atoms. The summed E-state index contributed by atoms with van der Waals surface area (Å²) in [6, 6.07) is 8.01. The molecule has 0 aromatic heterocycles. The van der Waals surface area contributed by atoms with Crippen LogP contribution in [0.1, 0.15) is 17.2 Å². The summed E-state index contributed by atoms with van der Waals surface area (Å²) >= 11 is 0. The number of nitrogens with two attached hydrogens (primary N) is 1. The van der Waals surface area contributed by atoms with Crippen molar-refractivity contribution in [3.8, 4) is 0 Å². The van der Waals surface area contributed by atoms with Crippen LogP contribution in [0, 0.1) is 0 Å². The molecule has 1 aromatic rings. The molecular formula is C11H14N2O2. The molecule has 3 N–H and O–H groups in total. The number of carbonyl (C=O) groups is 1. The zero-order valence-corrected chi connectivity index (χ0v) is 8.40. The normalized spacial score (nSPS) is 19.8. The monoisotopic (exact) mass is 206 g/mol. The van der Waals surface area contributed by atoms with Crippen LogP contribution >= 0.6 is 0 Å². The number of benzene rings is 1. The van der Waals surface area contributed by atoms with Crippen LogP contribution in [-0.4, -0.2) is 19.2 Å². The van der Waals surface area contributed by atoms with E-state index >= 15 is 0 Å². The van der Waals surface area contributed by atoms with E-state index in [1.54, 1.807) is 0 Å². The van der Waals surface area contributed by atoms with E-state index in [4.69, 9.17) is 10.5 Å². The van der Waals surface area contributed by atoms with Crippen molar-refractivity contribution < 1.29 is 9.53 Å². The van der Waals surface area contributed by atoms with Gasteiger partial charge in [-0.2, -0.15) is 0 Å². The summed E-state index contributed by atoms with van der Waals surface area (Å²) in [4.78, 5) is 10.8. The van der Waals surface area contributed by atoms with E-state index in [0.717, 1.165) is 12.0 Å². The Morgan fingerprint density at radius 3 is 2.67 bits per heavy atom. The van der Waals surface area contributed by atoms with Gasteiger partial charge in [0.15, 0.2) is 0 Å². The van der Waals surface area contributed by atoms with Gasteiger partial charge in [-0.05, 0) is 24.1 Å². The van der Waals surface area contributed by atoms with Crippen molar-refractivity contribution in [1.29, 1.82) is 0 Å². The van der Waals surface area contributed by atoms with Crippen LogP contribution in [-0.2, 0) is 11.2 Å². The maximum absolute atomic E-state index is 10.8. The predicted molar refractivity (Wildman–Crippen MR) is 56.4 cm³/mol. The highest BCUT2D eigenvalue weighted by Gasteiger charge is 2.23. The highest BCUT2D eigenvalue weighted by molar-refractivity contribution is 5.69. The zero-order valence-electron chi connectivity index (χ0n) is 8.40. The van der Waals surface area contributed by atoms with Crippen molar-refractivity contribution in [3.05, 3.63) is 35.4 Å². The van der Waals surface area contributed by atoms with Gasteiger partial charge in [-0.15, -0.1) is 0 Å². The summed E-state index contributed by atoms with van der Waals surface area (Å²) in [6.07, 6.45) is 0.388. The van der Waals surface area contributed by atoms with Gasteiger partial charge < -0.3 is 15.8 Å². The number of alkyl carbamates (subject to hydrolysis) is 1. The van der Waals surface area contributed by atoms with Crippen LogP contribution in [0.15, 0.2) is 24.3 Å². The molecule has 1 unspecified atom stereocenters. The third kappa shape index (κ3) is 2.27. The lowest BCUT2D eigenvalue weighted by molar-refractivity contribution is 0.141. The highest BCUT2D eigenvalue weighted by atomic mass is 16.6. The van der Waals surface area contributed by atoms with Gasteiger partial charge in [-0.3, -0.25) is 0 Å². The van der Waals surface area contributed by atoms with E-state index in [2.05, 4.69) is 5.32 Å². The maximum Gasteiger partial charge on any atom is 0.407 e. The summed E-state index contributed by atoms with van der Waals surface area (Å²) in [6.45, 7) is 1.20. The molecule has 0 radical (unpaired) electrons. The third-order valence-electron chi connectivity index (χ3n) is 2.47. The van der Waals surface area contributed by atoms with Crippen molar-refractivity contribution in [2.75, 3.05) is 13.1 Å². The minimum Gasteiger partial charge on any atom is -0.439 e. The average Bonchev–Trinajstić information content (AvgIpc) is 2.67. The van der Waals surface area contributed by atoms with Crippen LogP contribution < -0.4 is 11.1 Å². The number of hydrogen-bond donors (Lipinski definition) is 2. The average molecular weight is 206 g/mol. The van der Waals surface area contributed by atoms with Crippen molar-refractivity contribution in [2.45, 2.75) is 12.5 Å². The van der Waals surface area contributed by atoms with Gasteiger partial charge in [0.25, 0.3) is 0 Å². The predicted octanol–water partition coefficient (Wildman–Crippen LogP) is 0.969. The summed E-state index contributed by atoms with van der Waals surface area (Å²) in [5.74, 6) is 0. The minimum atomic E-state index is -0.342. The molecule has 0 bridgehead atoms. The molecule has 0 spiro atoms. The number of cyclic esters (lactones) is 1. The molecule has 1 aliphatic heterocycles. The smallest absolute Gasteiger partial charge is 0.407 e. The van der Waals surface area contributed by atoms with E-state index in [1.807, 2.05) is 24.3 Å². The van der Waals surface area contributed by atoms with Crippen molar-refractivity contribution in [2.24, 2.45) is 5.73 Å². The molecule has 0 aliphatic carbocycles. The maximum atomic E-state index is 10.8. The fraction of sp³-hybridized carbons (Fsp3) is 0.364. The molecular weight excluding hydrogens is 192 g/mol. The van der Waals surface area contributed by atoms with Gasteiger partial charge in [0.05, 0.1) is 6.54 Å². The third-order valence-corrected chi connectivity index (χ3v) is 2.47. The van der Waals surface area contributed by atoms with Gasteiger partial charge in [0, 0.05) is 0 Å². The molecule has 1 heterocycles. The number of hydrogen-bond acceptors (Lipinski definition) is 3. The van der Waals surface area contributed by atoms with Gasteiger partial charge in [0.1, 0.15) is 6.10 Å². The molecule has 2 rings (SSSR count). The second-order valence-electron chi connectivity index (χ2n) is 3.56. The van der Waals surface area contributed by atoms with E-state index < -0.39 is 0 Å². The van der Waals surface area contributed by atoms with Crippen LogP contribution in [0.3, 0.4) is 0 Å². The van der Waals surface area contributed by atoms with Crippen LogP contribution in [0.2, 0.25) is 0 Å². The lowest BCUT2D eigenvalue weighted by Gasteiger charge is -2.08. The van der Waals surface area contributed by atoms with Crippen molar-refractivity contribution in [1.82, 2.24) is 5.32 Å². The Labute approximate surface area is 88.4 Å².